The van der Waals surface area contributed by atoms with Gasteiger partial charge < -0.3 is 28.4 Å². The first-order valence-electron chi connectivity index (χ1n) is 22.2. The van der Waals surface area contributed by atoms with Crippen LogP contribution in [0.4, 0.5) is 0 Å². The third-order valence-corrected chi connectivity index (χ3v) is 16.0. The van der Waals surface area contributed by atoms with E-state index in [1.54, 1.807) is 108 Å². The van der Waals surface area contributed by atoms with Gasteiger partial charge in [-0.05, 0) is 62.4 Å². The maximum absolute atomic E-state index is 13.7. The molecule has 0 unspecified atom stereocenters. The monoisotopic (exact) mass is 1090 g/mol. The Kier molecular flexibility index (Phi) is 17.8. The molecule has 0 aliphatic heterocycles. The second-order valence-corrected chi connectivity index (χ2v) is 21.5. The van der Waals surface area contributed by atoms with Crippen molar-refractivity contribution in [3.63, 3.8) is 0 Å². The lowest BCUT2D eigenvalue weighted by molar-refractivity contribution is 0.0986. The highest BCUT2D eigenvalue weighted by atomic mass is 35.5. The Morgan fingerprint density at radius 3 is 1.22 bits per heavy atom. The molecule has 8 aromatic heterocycles. The van der Waals surface area contributed by atoms with E-state index in [2.05, 4.69) is 50.3 Å². The first-order valence-corrected chi connectivity index (χ1v) is 26.4. The zero-order valence-corrected chi connectivity index (χ0v) is 44.3. The molecule has 0 aliphatic rings. The summed E-state index contributed by atoms with van der Waals surface area (Å²) in [6.45, 7) is 3.13. The minimum absolute atomic E-state index is 0.134. The summed E-state index contributed by atoms with van der Waals surface area (Å²) in [5.74, 6) is 1.23. The molecule has 0 aromatic carbocycles. The highest BCUT2D eigenvalue weighted by Gasteiger charge is 2.37. The number of ether oxygens (including phenoxy) is 6. The lowest BCUT2D eigenvalue weighted by atomic mass is 10.2. The summed E-state index contributed by atoms with van der Waals surface area (Å²) in [5.41, 5.74) is 2.82. The fraction of sp³-hybridized carbons (Fsp3) is 0.292. The predicted octanol–water partition coefficient (Wildman–Crippen LogP) is 6.96. The van der Waals surface area contributed by atoms with Crippen LogP contribution in [0.5, 0.6) is 23.3 Å². The van der Waals surface area contributed by atoms with E-state index in [1.165, 1.54) is 67.4 Å². The smallest absolute Gasteiger partial charge is 0.242 e. The largest absolute Gasteiger partial charge is 0.494 e. The summed E-state index contributed by atoms with van der Waals surface area (Å²) in [6.07, 6.45) is 10.7. The standard InChI is InChI=1S/2C24H25ClN6O5S/c2*1-15(22(35-3)18-8-7-17(25)13-28-18)37(32,33)14-20-29-30-23(16-6-5-10-26-12-16)31(20)21-19(34-2)9-11-27-24(21)36-4/h2*5-13,15,22H,14H2,1-4H3/t2*15-,22-/m11/s1. The average molecular weight is 1090 g/mol. The molecular formula is C48H50Cl2N12O10S2. The zero-order chi connectivity index (χ0) is 53.2. The molecule has 0 radical (unpaired) electrons. The lowest BCUT2D eigenvalue weighted by Crippen LogP contribution is -2.29. The Balaban J connectivity index is 0.000000216. The van der Waals surface area contributed by atoms with Crippen LogP contribution >= 0.6 is 23.2 Å². The van der Waals surface area contributed by atoms with Crippen molar-refractivity contribution in [1.29, 1.82) is 0 Å². The van der Waals surface area contributed by atoms with Gasteiger partial charge in [-0.15, -0.1) is 20.4 Å². The van der Waals surface area contributed by atoms with Gasteiger partial charge in [-0.2, -0.15) is 0 Å². The van der Waals surface area contributed by atoms with Gasteiger partial charge in [0, 0.05) is 87.1 Å². The number of hydrogen-bond donors (Lipinski definition) is 0. The van der Waals surface area contributed by atoms with Gasteiger partial charge in [0.1, 0.15) is 35.2 Å². The van der Waals surface area contributed by atoms with Crippen LogP contribution < -0.4 is 18.9 Å². The van der Waals surface area contributed by atoms with E-state index < -0.39 is 53.9 Å². The number of halogens is 2. The van der Waals surface area contributed by atoms with E-state index in [-0.39, 0.29) is 23.4 Å². The van der Waals surface area contributed by atoms with E-state index in [0.717, 1.165) is 0 Å². The maximum atomic E-state index is 13.7. The van der Waals surface area contributed by atoms with Gasteiger partial charge in [0.15, 0.2) is 54.3 Å². The first-order chi connectivity index (χ1) is 35.6. The lowest BCUT2D eigenvalue weighted by Gasteiger charge is -2.23. The number of nitrogens with zero attached hydrogens (tertiary/aromatic N) is 12. The van der Waals surface area contributed by atoms with Gasteiger partial charge in [0.05, 0.1) is 60.4 Å². The van der Waals surface area contributed by atoms with Crippen LogP contribution in [0.1, 0.15) is 49.1 Å². The number of pyridine rings is 6. The molecule has 8 heterocycles. The molecule has 8 rings (SSSR count). The number of hydrogen-bond acceptors (Lipinski definition) is 20. The van der Waals surface area contributed by atoms with Gasteiger partial charge in [0.2, 0.25) is 11.8 Å². The van der Waals surface area contributed by atoms with Gasteiger partial charge in [0.25, 0.3) is 0 Å². The second-order valence-electron chi connectivity index (χ2n) is 15.9. The molecule has 8 aromatic rings. The predicted molar refractivity (Wildman–Crippen MR) is 273 cm³/mol. The molecule has 0 amide bonds. The Bertz CT molecular complexity index is 3110. The molecule has 4 atom stereocenters. The third kappa shape index (κ3) is 11.9. The Morgan fingerprint density at radius 1 is 0.500 bits per heavy atom. The van der Waals surface area contributed by atoms with Crippen molar-refractivity contribution in [2.75, 3.05) is 42.7 Å². The van der Waals surface area contributed by atoms with Crippen LogP contribution in [-0.2, 0) is 40.7 Å². The highest BCUT2D eigenvalue weighted by molar-refractivity contribution is 7.91. The van der Waals surface area contributed by atoms with Crippen LogP contribution in [0.15, 0.2) is 110 Å². The van der Waals surface area contributed by atoms with Crippen molar-refractivity contribution in [2.45, 2.75) is 48.1 Å². The highest BCUT2D eigenvalue weighted by Crippen LogP contribution is 2.38. The quantitative estimate of drug-likeness (QED) is 0.0746. The molecule has 22 nitrogen and oxygen atoms in total. The SMILES string of the molecule is COc1ccnc(OC)c1-n1c(CS(=O)(=O)[C@H](C)[C@@H](OC)c2ccc(Cl)cn2)nnc1-c1cccnc1.COc1ccnc(OC)c1-n1c(CS(=O)(=O)[C@H](C)[C@@H](OC)c2ccc(Cl)cn2)nnc1-c1cccnc1. The second kappa shape index (κ2) is 24.2. The fourth-order valence-electron chi connectivity index (χ4n) is 7.75. The van der Waals surface area contributed by atoms with Gasteiger partial charge in [-0.25, -0.2) is 26.8 Å². The van der Waals surface area contributed by atoms with Gasteiger partial charge in [-0.1, -0.05) is 23.2 Å². The normalized spacial score (nSPS) is 13.2. The maximum Gasteiger partial charge on any atom is 0.242 e. The molecule has 0 saturated carbocycles. The molecular weight excluding hydrogens is 1040 g/mol. The zero-order valence-electron chi connectivity index (χ0n) is 41.1. The molecule has 74 heavy (non-hydrogen) atoms. The summed E-state index contributed by atoms with van der Waals surface area (Å²) >= 11 is 11.9. The molecule has 0 bridgehead atoms. The van der Waals surface area contributed by atoms with Crippen molar-refractivity contribution in [3.05, 3.63) is 143 Å². The topological polar surface area (TPSA) is 262 Å². The van der Waals surface area contributed by atoms with Crippen molar-refractivity contribution < 1.29 is 45.3 Å². The van der Waals surface area contributed by atoms with Crippen molar-refractivity contribution in [3.8, 4) is 57.4 Å². The third-order valence-electron chi connectivity index (χ3n) is 11.5. The van der Waals surface area contributed by atoms with Crippen LogP contribution in [0.3, 0.4) is 0 Å². The summed E-state index contributed by atoms with van der Waals surface area (Å²) < 4.78 is 91.0. The minimum Gasteiger partial charge on any atom is -0.494 e. The summed E-state index contributed by atoms with van der Waals surface area (Å²) in [4.78, 5) is 25.3. The Hall–Kier alpha value is -7.22. The van der Waals surface area contributed by atoms with Crippen molar-refractivity contribution >= 4 is 42.9 Å². The van der Waals surface area contributed by atoms with E-state index in [9.17, 15) is 16.8 Å². The molecule has 0 spiro atoms. The average Bonchev–Trinajstić information content (AvgIpc) is 4.03. The van der Waals surface area contributed by atoms with E-state index in [1.807, 2.05) is 0 Å². The molecule has 0 saturated heterocycles. The summed E-state index contributed by atoms with van der Waals surface area (Å²) in [6, 6.07) is 16.9. The van der Waals surface area contributed by atoms with Crippen molar-refractivity contribution in [1.82, 2.24) is 59.4 Å². The van der Waals surface area contributed by atoms with Crippen LogP contribution in [-0.4, -0.2) is 129 Å². The fourth-order valence-corrected chi connectivity index (χ4v) is 10.8. The van der Waals surface area contributed by atoms with E-state index in [0.29, 0.717) is 67.1 Å². The summed E-state index contributed by atoms with van der Waals surface area (Å²) in [5, 5.41) is 16.0. The van der Waals surface area contributed by atoms with Gasteiger partial charge >= 0.3 is 0 Å². The molecule has 0 aliphatic carbocycles. The van der Waals surface area contributed by atoms with Crippen LogP contribution in [0, 0.1) is 0 Å². The first kappa shape index (κ1) is 54.6. The Morgan fingerprint density at radius 2 is 0.905 bits per heavy atom. The number of aromatic nitrogens is 12. The summed E-state index contributed by atoms with van der Waals surface area (Å²) in [7, 11) is 1.05. The number of sulfone groups is 2. The number of methoxy groups -OCH3 is 6. The minimum atomic E-state index is -3.86. The van der Waals surface area contributed by atoms with E-state index >= 15 is 0 Å². The van der Waals surface area contributed by atoms with Crippen molar-refractivity contribution in [2.24, 2.45) is 0 Å². The Labute approximate surface area is 436 Å². The molecule has 0 fully saturated rings. The van der Waals surface area contributed by atoms with Crippen LogP contribution in [0.2, 0.25) is 10.0 Å². The molecule has 388 valence electrons. The van der Waals surface area contributed by atoms with Crippen LogP contribution in [0.25, 0.3) is 34.2 Å². The van der Waals surface area contributed by atoms with Gasteiger partial charge in [-0.3, -0.25) is 29.1 Å². The molecule has 26 heteroatoms. The van der Waals surface area contributed by atoms with E-state index in [4.69, 9.17) is 51.6 Å². The molecule has 0 N–H and O–H groups in total. The number of rotatable bonds is 20.